The van der Waals surface area contributed by atoms with Crippen LogP contribution in [0.3, 0.4) is 0 Å². The molecule has 94 valence electrons. The second kappa shape index (κ2) is 4.02. The van der Waals surface area contributed by atoms with E-state index >= 15 is 0 Å². The van der Waals surface area contributed by atoms with Crippen molar-refractivity contribution in [2.45, 2.75) is 32.0 Å². The van der Waals surface area contributed by atoms with Gasteiger partial charge in [0, 0.05) is 10.7 Å². The van der Waals surface area contributed by atoms with E-state index in [2.05, 4.69) is 4.74 Å². The Balaban J connectivity index is 2.44. The van der Waals surface area contributed by atoms with E-state index in [1.807, 2.05) is 0 Å². The summed E-state index contributed by atoms with van der Waals surface area (Å²) in [5, 5.41) is 0. The fourth-order valence-electron chi connectivity index (χ4n) is 0.881. The molecule has 0 bridgehead atoms. The number of halogens is 1. The Labute approximate surface area is 97.5 Å². The monoisotopic (exact) mass is 273 g/mol. The molecule has 1 heterocycles. The van der Waals surface area contributed by atoms with Crippen molar-refractivity contribution in [3.63, 3.8) is 0 Å². The summed E-state index contributed by atoms with van der Waals surface area (Å²) >= 11 is 0. The molecule has 0 aromatic heterocycles. The predicted octanol–water partition coefficient (Wildman–Crippen LogP) is 0.695. The van der Waals surface area contributed by atoms with Gasteiger partial charge in [-0.25, -0.2) is 19.3 Å². The zero-order valence-corrected chi connectivity index (χ0v) is 10.5. The number of carbonyl (C=O) groups is 1. The average Bonchev–Trinajstić information content (AvgIpc) is 2.09. The topological polar surface area (TPSA) is 90.9 Å². The molecule has 1 N–H and O–H groups in total. The molecular weight excluding hydrogens is 262 g/mol. The molecule has 0 aromatic rings. The number of hydrogen-bond donors (Lipinski definition) is 1. The number of ether oxygens (including phenoxy) is 1. The van der Waals surface area contributed by atoms with Gasteiger partial charge in [-0.05, 0) is 20.8 Å². The van der Waals surface area contributed by atoms with Gasteiger partial charge in [-0.3, -0.25) is 0 Å². The van der Waals surface area contributed by atoms with Crippen LogP contribution in [0.25, 0.3) is 0 Å². The molecule has 1 atom stereocenters. The third-order valence-electron chi connectivity index (χ3n) is 2.39. The second-order valence-corrected chi connectivity index (χ2v) is 6.32. The first-order valence-corrected chi connectivity index (χ1v) is 6.63. The molecule has 1 rings (SSSR count). The van der Waals surface area contributed by atoms with Crippen molar-refractivity contribution in [1.29, 1.82) is 0 Å². The molecule has 0 unspecified atom stereocenters. The van der Waals surface area contributed by atoms with Gasteiger partial charge < -0.3 is 4.74 Å². The Kier molecular flexibility index (Phi) is 3.39. The minimum absolute atomic E-state index is 0.155. The summed E-state index contributed by atoms with van der Waals surface area (Å²) in [4.78, 5) is 20.6. The van der Waals surface area contributed by atoms with E-state index in [-0.39, 0.29) is 6.61 Å². The first-order valence-electron chi connectivity index (χ1n) is 4.32. The lowest BCUT2D eigenvalue weighted by molar-refractivity contribution is -0.543. The molecule has 0 saturated carbocycles. The quantitative estimate of drug-likeness (QED) is 0.601. The average molecular weight is 274 g/mol. The van der Waals surface area contributed by atoms with Gasteiger partial charge in [0.15, 0.2) is 5.60 Å². The number of nitrogens with one attached hydrogen (secondary N) is 1. The third-order valence-corrected chi connectivity index (χ3v) is 3.03. The van der Waals surface area contributed by atoms with Gasteiger partial charge >= 0.3 is 15.3 Å². The smallest absolute Gasteiger partial charge is 0.421 e. The summed E-state index contributed by atoms with van der Waals surface area (Å²) in [6.45, 7) is 5.00. The zero-order valence-electron chi connectivity index (χ0n) is 8.94. The van der Waals surface area contributed by atoms with Crippen LogP contribution >= 0.6 is 10.7 Å². The SMILES string of the molecule is CC1(C)OO[C@]1(C)COC(=O)NS(=O)(=O)Cl. The molecule has 1 aliphatic rings. The van der Waals surface area contributed by atoms with E-state index in [0.717, 1.165) is 0 Å². The van der Waals surface area contributed by atoms with Crippen LogP contribution < -0.4 is 4.72 Å². The van der Waals surface area contributed by atoms with Crippen LogP contribution in [-0.4, -0.2) is 32.3 Å². The molecule has 7 nitrogen and oxygen atoms in total. The van der Waals surface area contributed by atoms with Crippen molar-refractivity contribution in [1.82, 2.24) is 4.72 Å². The Bertz CT molecular complexity index is 394. The number of rotatable bonds is 3. The van der Waals surface area contributed by atoms with E-state index in [0.29, 0.717) is 0 Å². The maximum absolute atomic E-state index is 11.0. The van der Waals surface area contributed by atoms with Gasteiger partial charge in [0.2, 0.25) is 0 Å². The lowest BCUT2D eigenvalue weighted by Crippen LogP contribution is -2.64. The molecule has 0 aliphatic carbocycles. The van der Waals surface area contributed by atoms with E-state index in [1.54, 1.807) is 20.8 Å². The molecule has 0 spiro atoms. The summed E-state index contributed by atoms with van der Waals surface area (Å²) in [5.74, 6) is 0. The van der Waals surface area contributed by atoms with Crippen LogP contribution in [0.15, 0.2) is 0 Å². The lowest BCUT2D eigenvalue weighted by atomic mass is 9.86. The van der Waals surface area contributed by atoms with E-state index in [9.17, 15) is 13.2 Å². The van der Waals surface area contributed by atoms with E-state index in [4.69, 9.17) is 20.5 Å². The summed E-state index contributed by atoms with van der Waals surface area (Å²) < 4.78 is 27.0. The van der Waals surface area contributed by atoms with Crippen LogP contribution in [0.4, 0.5) is 4.79 Å². The van der Waals surface area contributed by atoms with Gasteiger partial charge in [0.25, 0.3) is 0 Å². The van der Waals surface area contributed by atoms with E-state index < -0.39 is 26.5 Å². The third kappa shape index (κ3) is 2.97. The van der Waals surface area contributed by atoms with Crippen LogP contribution in [0.5, 0.6) is 0 Å². The van der Waals surface area contributed by atoms with Crippen molar-refractivity contribution in [2.24, 2.45) is 0 Å². The highest BCUT2D eigenvalue weighted by Crippen LogP contribution is 2.39. The summed E-state index contributed by atoms with van der Waals surface area (Å²) in [5.41, 5.74) is -1.44. The van der Waals surface area contributed by atoms with Gasteiger partial charge in [-0.1, -0.05) is 0 Å². The molecular formula is C7H12ClNO6S. The van der Waals surface area contributed by atoms with Crippen molar-refractivity contribution in [3.8, 4) is 0 Å². The molecule has 1 aliphatic heterocycles. The number of hydrogen-bond acceptors (Lipinski definition) is 6. The van der Waals surface area contributed by atoms with Gasteiger partial charge in [0.1, 0.15) is 12.2 Å². The Morgan fingerprint density at radius 3 is 2.25 bits per heavy atom. The normalized spacial score (nSPS) is 28.0. The van der Waals surface area contributed by atoms with Crippen LogP contribution in [0.1, 0.15) is 20.8 Å². The largest absolute Gasteiger partial charge is 0.446 e. The van der Waals surface area contributed by atoms with Crippen LogP contribution in [-0.2, 0) is 23.7 Å². The Morgan fingerprint density at radius 1 is 1.38 bits per heavy atom. The molecule has 1 fully saturated rings. The molecule has 0 radical (unpaired) electrons. The maximum Gasteiger partial charge on any atom is 0.421 e. The standard InChI is InChI=1S/C7H12ClNO6S/c1-6(2)7(3,15-14-6)4-13-5(10)9-16(8,11)12/h4H2,1-3H3,(H,9,10)/t7-/m1/s1. The van der Waals surface area contributed by atoms with Crippen molar-refractivity contribution in [3.05, 3.63) is 0 Å². The Morgan fingerprint density at radius 2 is 1.94 bits per heavy atom. The minimum atomic E-state index is -4.13. The zero-order chi connectivity index (χ0) is 12.6. The number of amides is 1. The number of carbonyl (C=O) groups excluding carboxylic acids is 1. The van der Waals surface area contributed by atoms with Crippen molar-refractivity contribution in [2.75, 3.05) is 6.61 Å². The Hall–Kier alpha value is -0.570. The first-order chi connectivity index (χ1) is 7.06. The van der Waals surface area contributed by atoms with Gasteiger partial charge in [-0.15, -0.1) is 0 Å². The minimum Gasteiger partial charge on any atom is -0.446 e. The van der Waals surface area contributed by atoms with Crippen molar-refractivity contribution < 1.29 is 27.7 Å². The fourth-order valence-corrected chi connectivity index (χ4v) is 1.33. The lowest BCUT2D eigenvalue weighted by Gasteiger charge is -2.49. The highest BCUT2D eigenvalue weighted by molar-refractivity contribution is 8.12. The summed E-state index contributed by atoms with van der Waals surface area (Å²) in [6, 6.07) is 0. The first kappa shape index (κ1) is 13.5. The molecule has 1 amide bonds. The fraction of sp³-hybridized carbons (Fsp3) is 0.857. The molecule has 16 heavy (non-hydrogen) atoms. The second-order valence-electron chi connectivity index (χ2n) is 4.02. The predicted molar refractivity (Wildman–Crippen MR) is 53.9 cm³/mol. The van der Waals surface area contributed by atoms with E-state index in [1.165, 1.54) is 4.72 Å². The summed E-state index contributed by atoms with van der Waals surface area (Å²) in [6.07, 6.45) is -1.16. The highest BCUT2D eigenvalue weighted by atomic mass is 35.7. The highest BCUT2D eigenvalue weighted by Gasteiger charge is 2.55. The van der Waals surface area contributed by atoms with Gasteiger partial charge in [-0.2, -0.15) is 8.42 Å². The van der Waals surface area contributed by atoms with Crippen LogP contribution in [0.2, 0.25) is 0 Å². The molecule has 1 saturated heterocycles. The molecule has 9 heteroatoms. The maximum atomic E-state index is 11.0. The summed E-state index contributed by atoms with van der Waals surface area (Å²) in [7, 11) is 0.653. The van der Waals surface area contributed by atoms with Gasteiger partial charge in [0.05, 0.1) is 0 Å². The van der Waals surface area contributed by atoms with Crippen molar-refractivity contribution >= 4 is 26.0 Å². The van der Waals surface area contributed by atoms with Crippen LogP contribution in [0, 0.1) is 0 Å². The molecule has 0 aromatic carbocycles.